The average molecular weight is 344 g/mol. The fraction of sp³-hybridized carbons (Fsp3) is 0.0500. The van der Waals surface area contributed by atoms with E-state index < -0.39 is 0 Å². The van der Waals surface area contributed by atoms with Crippen molar-refractivity contribution in [1.82, 2.24) is 14.9 Å². The molecule has 25 heavy (non-hydrogen) atoms. The number of hydrogen-bond acceptors (Lipinski definition) is 3. The van der Waals surface area contributed by atoms with E-state index in [1.54, 1.807) is 10.9 Å². The van der Waals surface area contributed by atoms with Crippen molar-refractivity contribution in [3.05, 3.63) is 82.6 Å². The third-order valence-electron chi connectivity index (χ3n) is 4.13. The highest BCUT2D eigenvalue weighted by atomic mass is 32.1. The molecule has 4 nitrogen and oxygen atoms in total. The van der Waals surface area contributed by atoms with Gasteiger partial charge in [-0.05, 0) is 47.1 Å². The monoisotopic (exact) mass is 344 g/mol. The van der Waals surface area contributed by atoms with Crippen molar-refractivity contribution < 1.29 is 0 Å². The molecule has 5 heteroatoms. The predicted octanol–water partition coefficient (Wildman–Crippen LogP) is 4.95. The van der Waals surface area contributed by atoms with Crippen molar-refractivity contribution in [1.29, 1.82) is 0 Å². The van der Waals surface area contributed by atoms with Gasteiger partial charge in [0, 0.05) is 5.56 Å². The fourth-order valence-corrected chi connectivity index (χ4v) is 2.99. The highest BCUT2D eigenvalue weighted by Gasteiger charge is 2.10. The number of H-pyrrole nitrogens is 1. The van der Waals surface area contributed by atoms with E-state index in [1.165, 1.54) is 10.8 Å². The number of hydrogen-bond donors (Lipinski definition) is 1. The maximum atomic E-state index is 5.34. The predicted molar refractivity (Wildman–Crippen MR) is 105 cm³/mol. The Morgan fingerprint density at radius 2 is 1.76 bits per heavy atom. The first-order valence-corrected chi connectivity index (χ1v) is 8.40. The van der Waals surface area contributed by atoms with Gasteiger partial charge in [-0.2, -0.15) is 14.9 Å². The second-order valence-corrected chi connectivity index (χ2v) is 6.22. The smallest absolute Gasteiger partial charge is 0.216 e. The SMILES string of the molecule is Cc1ccccc1-c1n[nH]c(=S)n1/N=C/c1ccc2ccccc2c1. The van der Waals surface area contributed by atoms with Crippen LogP contribution < -0.4 is 0 Å². The molecule has 0 aliphatic heterocycles. The van der Waals surface area contributed by atoms with Crippen molar-refractivity contribution in [2.75, 3.05) is 0 Å². The molecule has 0 saturated heterocycles. The minimum absolute atomic E-state index is 0.468. The van der Waals surface area contributed by atoms with E-state index in [-0.39, 0.29) is 0 Å². The van der Waals surface area contributed by atoms with E-state index in [0.29, 0.717) is 10.6 Å². The lowest BCUT2D eigenvalue weighted by Gasteiger charge is -2.04. The first kappa shape index (κ1) is 15.5. The number of rotatable bonds is 3. The number of aromatic nitrogens is 3. The van der Waals surface area contributed by atoms with Crippen LogP contribution in [0.15, 0.2) is 71.8 Å². The molecule has 0 amide bonds. The van der Waals surface area contributed by atoms with Crippen molar-refractivity contribution in [2.45, 2.75) is 6.92 Å². The zero-order valence-corrected chi connectivity index (χ0v) is 14.5. The van der Waals surface area contributed by atoms with Crippen LogP contribution in [0.2, 0.25) is 0 Å². The third kappa shape index (κ3) is 3.02. The van der Waals surface area contributed by atoms with Crippen LogP contribution in [0.25, 0.3) is 22.2 Å². The molecule has 1 aromatic heterocycles. The van der Waals surface area contributed by atoms with Gasteiger partial charge in [0.2, 0.25) is 4.77 Å². The quantitative estimate of drug-likeness (QED) is 0.422. The topological polar surface area (TPSA) is 46.0 Å². The third-order valence-corrected chi connectivity index (χ3v) is 4.40. The van der Waals surface area contributed by atoms with E-state index in [2.05, 4.69) is 39.6 Å². The van der Waals surface area contributed by atoms with Crippen molar-refractivity contribution >= 4 is 29.2 Å². The van der Waals surface area contributed by atoms with Crippen LogP contribution in [0.1, 0.15) is 11.1 Å². The van der Waals surface area contributed by atoms with Gasteiger partial charge < -0.3 is 0 Å². The molecule has 122 valence electrons. The average Bonchev–Trinajstić information content (AvgIpc) is 3.00. The van der Waals surface area contributed by atoms with Crippen LogP contribution in [0.3, 0.4) is 0 Å². The Labute approximate surface area is 150 Å². The number of aryl methyl sites for hydroxylation is 1. The molecule has 0 fully saturated rings. The fourth-order valence-electron chi connectivity index (χ4n) is 2.81. The summed E-state index contributed by atoms with van der Waals surface area (Å²) in [4.78, 5) is 0. The van der Waals surface area contributed by atoms with Crippen molar-refractivity contribution in [3.8, 4) is 11.4 Å². The van der Waals surface area contributed by atoms with E-state index in [9.17, 15) is 0 Å². The molecule has 0 saturated carbocycles. The van der Waals surface area contributed by atoms with Gasteiger partial charge in [0.1, 0.15) is 0 Å². The lowest BCUT2D eigenvalue weighted by atomic mass is 10.1. The van der Waals surface area contributed by atoms with Gasteiger partial charge in [-0.25, -0.2) is 5.10 Å². The molecule has 1 heterocycles. The minimum Gasteiger partial charge on any atom is -0.250 e. The summed E-state index contributed by atoms with van der Waals surface area (Å²) < 4.78 is 2.13. The molecule has 3 aromatic carbocycles. The van der Waals surface area contributed by atoms with Gasteiger partial charge in [0.15, 0.2) is 5.82 Å². The minimum atomic E-state index is 0.468. The summed E-state index contributed by atoms with van der Waals surface area (Å²) in [5, 5.41) is 14.1. The van der Waals surface area contributed by atoms with E-state index in [4.69, 9.17) is 12.2 Å². The molecule has 0 radical (unpaired) electrons. The molecule has 1 N–H and O–H groups in total. The zero-order valence-electron chi connectivity index (χ0n) is 13.7. The van der Waals surface area contributed by atoms with Crippen LogP contribution in [-0.4, -0.2) is 21.1 Å². The maximum Gasteiger partial charge on any atom is 0.216 e. The number of benzene rings is 3. The molecule has 0 unspecified atom stereocenters. The van der Waals surface area contributed by atoms with Gasteiger partial charge in [-0.1, -0.05) is 60.7 Å². The molecule has 0 aliphatic carbocycles. The summed E-state index contributed by atoms with van der Waals surface area (Å²) in [6.45, 7) is 2.05. The normalized spacial score (nSPS) is 11.4. The van der Waals surface area contributed by atoms with Crippen LogP contribution >= 0.6 is 12.2 Å². The van der Waals surface area contributed by atoms with Gasteiger partial charge >= 0.3 is 0 Å². The van der Waals surface area contributed by atoms with E-state index >= 15 is 0 Å². The van der Waals surface area contributed by atoms with Crippen LogP contribution in [0.5, 0.6) is 0 Å². The first-order valence-electron chi connectivity index (χ1n) is 7.99. The summed E-state index contributed by atoms with van der Waals surface area (Å²) in [6.07, 6.45) is 1.81. The molecule has 4 aromatic rings. The van der Waals surface area contributed by atoms with Gasteiger partial charge in [0.25, 0.3) is 0 Å². The molecule has 0 aliphatic rings. The Kier molecular flexibility index (Phi) is 3.99. The number of aromatic amines is 1. The van der Waals surface area contributed by atoms with Crippen LogP contribution in [0.4, 0.5) is 0 Å². The van der Waals surface area contributed by atoms with E-state index in [1.807, 2.05) is 49.4 Å². The number of fused-ring (bicyclic) bond motifs is 1. The largest absolute Gasteiger partial charge is 0.250 e. The Morgan fingerprint density at radius 1 is 1.00 bits per heavy atom. The van der Waals surface area contributed by atoms with Crippen molar-refractivity contribution in [2.24, 2.45) is 5.10 Å². The number of nitrogens with zero attached hydrogens (tertiary/aromatic N) is 3. The molecule has 4 rings (SSSR count). The summed E-state index contributed by atoms with van der Waals surface area (Å²) >= 11 is 5.34. The molecule has 0 bridgehead atoms. The van der Waals surface area contributed by atoms with Crippen LogP contribution in [-0.2, 0) is 0 Å². The lowest BCUT2D eigenvalue weighted by molar-refractivity contribution is 0.871. The molecule has 0 atom stereocenters. The summed E-state index contributed by atoms with van der Waals surface area (Å²) in [5.74, 6) is 0.708. The zero-order chi connectivity index (χ0) is 17.2. The van der Waals surface area contributed by atoms with Gasteiger partial charge in [0.05, 0.1) is 6.21 Å². The lowest BCUT2D eigenvalue weighted by Crippen LogP contribution is -1.96. The van der Waals surface area contributed by atoms with Gasteiger partial charge in [-0.15, -0.1) is 0 Å². The summed E-state index contributed by atoms with van der Waals surface area (Å²) in [6, 6.07) is 22.5. The maximum absolute atomic E-state index is 5.34. The first-order chi connectivity index (χ1) is 12.2. The highest BCUT2D eigenvalue weighted by molar-refractivity contribution is 7.71. The number of nitrogens with one attached hydrogen (secondary N) is 1. The molecular weight excluding hydrogens is 328 g/mol. The van der Waals surface area contributed by atoms with Crippen LogP contribution in [0, 0.1) is 11.7 Å². The second kappa shape index (κ2) is 6.45. The Hall–Kier alpha value is -3.05. The second-order valence-electron chi connectivity index (χ2n) is 5.83. The summed E-state index contributed by atoms with van der Waals surface area (Å²) in [7, 11) is 0. The Bertz CT molecular complexity index is 1140. The van der Waals surface area contributed by atoms with Gasteiger partial charge in [-0.3, -0.25) is 0 Å². The van der Waals surface area contributed by atoms with E-state index in [0.717, 1.165) is 16.7 Å². The Morgan fingerprint density at radius 3 is 2.60 bits per heavy atom. The summed E-state index contributed by atoms with van der Waals surface area (Å²) in [5.41, 5.74) is 3.14. The molecular formula is C20H16N4S. The highest BCUT2D eigenvalue weighted by Crippen LogP contribution is 2.21. The standard InChI is InChI=1S/C20H16N4S/c1-14-6-2-5-9-18(14)19-22-23-20(25)24(19)21-13-15-10-11-16-7-3-4-8-17(16)12-15/h2-13H,1H3,(H,23,25)/b21-13+. The van der Waals surface area contributed by atoms with Crippen molar-refractivity contribution in [3.63, 3.8) is 0 Å². The molecule has 0 spiro atoms. The Balaban J connectivity index is 1.75.